The van der Waals surface area contributed by atoms with Crippen molar-refractivity contribution in [1.29, 1.82) is 0 Å². The first kappa shape index (κ1) is 6.86. The molecule has 1 nitrogen and oxygen atoms in total. The molecule has 1 rings (SSSR count). The van der Waals surface area contributed by atoms with Gasteiger partial charge in [-0.1, -0.05) is 0 Å². The van der Waals surface area contributed by atoms with Crippen LogP contribution in [-0.2, 0) is 0 Å². The SMILES string of the molecule is CN1CC(F)C(F)(F)C1. The molecule has 1 heterocycles. The summed E-state index contributed by atoms with van der Waals surface area (Å²) in [5, 5.41) is 0. The molecule has 1 aliphatic heterocycles. The van der Waals surface area contributed by atoms with Gasteiger partial charge >= 0.3 is 0 Å². The third-order valence-corrected chi connectivity index (χ3v) is 1.41. The van der Waals surface area contributed by atoms with Crippen molar-refractivity contribution in [3.8, 4) is 0 Å². The molecule has 0 bridgehead atoms. The summed E-state index contributed by atoms with van der Waals surface area (Å²) in [6.45, 7) is -0.596. The Morgan fingerprint density at radius 2 is 2.11 bits per heavy atom. The summed E-state index contributed by atoms with van der Waals surface area (Å²) in [5.74, 6) is -3.12. The van der Waals surface area contributed by atoms with E-state index in [1.807, 2.05) is 0 Å². The van der Waals surface area contributed by atoms with Gasteiger partial charge in [-0.2, -0.15) is 0 Å². The van der Waals surface area contributed by atoms with Gasteiger partial charge in [-0.05, 0) is 7.05 Å². The van der Waals surface area contributed by atoms with Crippen LogP contribution >= 0.6 is 0 Å². The molecule has 4 heteroatoms. The lowest BCUT2D eigenvalue weighted by Crippen LogP contribution is -2.27. The van der Waals surface area contributed by atoms with Gasteiger partial charge in [-0.25, -0.2) is 13.2 Å². The molecule has 0 aromatic carbocycles. The lowest BCUT2D eigenvalue weighted by atomic mass is 10.3. The Kier molecular flexibility index (Phi) is 1.42. The van der Waals surface area contributed by atoms with Gasteiger partial charge in [0.05, 0.1) is 6.54 Å². The molecular formula is C5H8F3N. The third kappa shape index (κ3) is 1.18. The van der Waals surface area contributed by atoms with Crippen LogP contribution in [0.1, 0.15) is 0 Å². The van der Waals surface area contributed by atoms with Crippen molar-refractivity contribution < 1.29 is 13.2 Å². The van der Waals surface area contributed by atoms with E-state index >= 15 is 0 Å². The fraction of sp³-hybridized carbons (Fsp3) is 1.00. The molecule has 0 aromatic heterocycles. The highest BCUT2D eigenvalue weighted by molar-refractivity contribution is 4.88. The largest absolute Gasteiger partial charge is 0.297 e. The first-order valence-electron chi connectivity index (χ1n) is 2.73. The van der Waals surface area contributed by atoms with Crippen LogP contribution in [0.25, 0.3) is 0 Å². The number of alkyl halides is 3. The second-order valence-corrected chi connectivity index (χ2v) is 2.43. The van der Waals surface area contributed by atoms with Gasteiger partial charge in [0.25, 0.3) is 5.92 Å². The molecule has 0 radical (unpaired) electrons. The Morgan fingerprint density at radius 1 is 1.56 bits per heavy atom. The van der Waals surface area contributed by atoms with E-state index in [9.17, 15) is 13.2 Å². The molecule has 54 valence electrons. The van der Waals surface area contributed by atoms with E-state index in [2.05, 4.69) is 0 Å². The monoisotopic (exact) mass is 139 g/mol. The molecule has 0 spiro atoms. The van der Waals surface area contributed by atoms with Crippen LogP contribution in [0.4, 0.5) is 13.2 Å². The zero-order chi connectivity index (χ0) is 7.07. The number of hydrogen-bond acceptors (Lipinski definition) is 1. The molecular weight excluding hydrogens is 131 g/mol. The molecule has 0 N–H and O–H groups in total. The molecule has 1 saturated heterocycles. The average molecular weight is 139 g/mol. The van der Waals surface area contributed by atoms with Gasteiger partial charge in [0.2, 0.25) is 0 Å². The van der Waals surface area contributed by atoms with Crippen molar-refractivity contribution in [1.82, 2.24) is 4.90 Å². The van der Waals surface area contributed by atoms with E-state index in [1.54, 1.807) is 0 Å². The van der Waals surface area contributed by atoms with Crippen molar-refractivity contribution in [2.24, 2.45) is 0 Å². The minimum Gasteiger partial charge on any atom is -0.297 e. The topological polar surface area (TPSA) is 3.24 Å². The highest BCUT2D eigenvalue weighted by Gasteiger charge is 2.47. The minimum atomic E-state index is -3.12. The maximum absolute atomic E-state index is 12.2. The molecule has 0 saturated carbocycles. The number of nitrogens with zero attached hydrogens (tertiary/aromatic N) is 1. The van der Waals surface area contributed by atoms with Gasteiger partial charge in [-0.3, -0.25) is 4.90 Å². The highest BCUT2D eigenvalue weighted by atomic mass is 19.3. The Hall–Kier alpha value is -0.250. The molecule has 0 aromatic rings. The Morgan fingerprint density at radius 3 is 2.22 bits per heavy atom. The maximum atomic E-state index is 12.2. The Labute approximate surface area is 51.4 Å². The lowest BCUT2D eigenvalue weighted by Gasteiger charge is -2.08. The maximum Gasteiger partial charge on any atom is 0.292 e. The molecule has 0 amide bonds. The summed E-state index contributed by atoms with van der Waals surface area (Å²) < 4.78 is 36.5. The summed E-state index contributed by atoms with van der Waals surface area (Å²) in [6, 6.07) is 0. The van der Waals surface area contributed by atoms with Gasteiger partial charge in [0.15, 0.2) is 6.17 Å². The van der Waals surface area contributed by atoms with E-state index in [0.717, 1.165) is 0 Å². The van der Waals surface area contributed by atoms with Gasteiger partial charge < -0.3 is 0 Å². The van der Waals surface area contributed by atoms with Crippen molar-refractivity contribution in [3.63, 3.8) is 0 Å². The van der Waals surface area contributed by atoms with Crippen LogP contribution in [-0.4, -0.2) is 37.1 Å². The molecule has 1 fully saturated rings. The zero-order valence-corrected chi connectivity index (χ0v) is 5.07. The molecule has 1 aliphatic rings. The van der Waals surface area contributed by atoms with Crippen LogP contribution in [0.2, 0.25) is 0 Å². The van der Waals surface area contributed by atoms with Crippen LogP contribution in [0.15, 0.2) is 0 Å². The second-order valence-electron chi connectivity index (χ2n) is 2.43. The lowest BCUT2D eigenvalue weighted by molar-refractivity contribution is -0.0387. The van der Waals surface area contributed by atoms with Gasteiger partial charge in [0, 0.05) is 6.54 Å². The number of likely N-dealkylation sites (tertiary alicyclic amines) is 1. The first-order valence-corrected chi connectivity index (χ1v) is 2.73. The fourth-order valence-corrected chi connectivity index (χ4v) is 0.931. The normalized spacial score (nSPS) is 35.3. The first-order chi connectivity index (χ1) is 4.02. The number of hydrogen-bond donors (Lipinski definition) is 0. The minimum absolute atomic E-state index is 0.146. The summed E-state index contributed by atoms with van der Waals surface area (Å²) in [6.07, 6.45) is -1.97. The highest BCUT2D eigenvalue weighted by Crippen LogP contribution is 2.28. The van der Waals surface area contributed by atoms with Crippen molar-refractivity contribution in [3.05, 3.63) is 0 Å². The molecule has 1 unspecified atom stereocenters. The summed E-state index contributed by atoms with van der Waals surface area (Å²) in [7, 11) is 1.48. The molecule has 9 heavy (non-hydrogen) atoms. The Balaban J connectivity index is 2.58. The smallest absolute Gasteiger partial charge is 0.292 e. The van der Waals surface area contributed by atoms with Crippen LogP contribution in [0, 0.1) is 0 Å². The quantitative estimate of drug-likeness (QED) is 0.482. The van der Waals surface area contributed by atoms with E-state index in [4.69, 9.17) is 0 Å². The van der Waals surface area contributed by atoms with Crippen molar-refractivity contribution >= 4 is 0 Å². The summed E-state index contributed by atoms with van der Waals surface area (Å²) in [4.78, 5) is 1.28. The molecule has 0 aliphatic carbocycles. The van der Waals surface area contributed by atoms with Crippen LogP contribution < -0.4 is 0 Å². The number of rotatable bonds is 0. The fourth-order valence-electron chi connectivity index (χ4n) is 0.931. The Bertz CT molecular complexity index is 115. The van der Waals surface area contributed by atoms with Gasteiger partial charge in [0.1, 0.15) is 0 Å². The standard InChI is InChI=1S/C5H8F3N/c1-9-2-4(6)5(7,8)3-9/h4H,2-3H2,1H3. The zero-order valence-electron chi connectivity index (χ0n) is 5.07. The van der Waals surface area contributed by atoms with Crippen molar-refractivity contribution in [2.75, 3.05) is 20.1 Å². The predicted molar refractivity (Wildman–Crippen MR) is 27.3 cm³/mol. The van der Waals surface area contributed by atoms with E-state index in [1.165, 1.54) is 11.9 Å². The molecule has 1 atom stereocenters. The average Bonchev–Trinajstić information content (AvgIpc) is 1.79. The predicted octanol–water partition coefficient (Wildman–Crippen LogP) is 0.905. The van der Waals surface area contributed by atoms with Gasteiger partial charge in [-0.15, -0.1) is 0 Å². The summed E-state index contributed by atoms with van der Waals surface area (Å²) in [5.41, 5.74) is 0. The van der Waals surface area contributed by atoms with Crippen LogP contribution in [0.5, 0.6) is 0 Å². The van der Waals surface area contributed by atoms with E-state index in [-0.39, 0.29) is 6.54 Å². The second kappa shape index (κ2) is 1.87. The van der Waals surface area contributed by atoms with E-state index < -0.39 is 18.6 Å². The van der Waals surface area contributed by atoms with E-state index in [0.29, 0.717) is 0 Å². The van der Waals surface area contributed by atoms with Crippen LogP contribution in [0.3, 0.4) is 0 Å². The number of halogens is 3. The third-order valence-electron chi connectivity index (χ3n) is 1.41. The summed E-state index contributed by atoms with van der Waals surface area (Å²) >= 11 is 0. The van der Waals surface area contributed by atoms with Crippen molar-refractivity contribution in [2.45, 2.75) is 12.1 Å².